The van der Waals surface area contributed by atoms with Gasteiger partial charge in [-0.2, -0.15) is 0 Å². The van der Waals surface area contributed by atoms with Crippen LogP contribution in [0.25, 0.3) is 22.6 Å². The van der Waals surface area contributed by atoms with Gasteiger partial charge in [0, 0.05) is 15.7 Å². The Morgan fingerprint density at radius 2 is 1.88 bits per heavy atom. The molecular formula is C20H12BrClN2O2. The van der Waals surface area contributed by atoms with Crippen LogP contribution in [0.2, 0.25) is 5.02 Å². The molecule has 0 aliphatic heterocycles. The van der Waals surface area contributed by atoms with Gasteiger partial charge in [0.25, 0.3) is 5.91 Å². The van der Waals surface area contributed by atoms with E-state index in [0.29, 0.717) is 22.2 Å². The van der Waals surface area contributed by atoms with Gasteiger partial charge in [0.05, 0.1) is 10.6 Å². The summed E-state index contributed by atoms with van der Waals surface area (Å²) in [5.74, 6) is 0.216. The number of oxazole rings is 1. The van der Waals surface area contributed by atoms with E-state index in [1.54, 1.807) is 24.3 Å². The lowest BCUT2D eigenvalue weighted by Gasteiger charge is -2.08. The van der Waals surface area contributed by atoms with Crippen LogP contribution in [0.1, 0.15) is 10.4 Å². The number of para-hydroxylation sites is 2. The molecule has 0 fully saturated rings. The summed E-state index contributed by atoms with van der Waals surface area (Å²) in [7, 11) is 0. The van der Waals surface area contributed by atoms with Gasteiger partial charge in [0.2, 0.25) is 5.89 Å². The summed E-state index contributed by atoms with van der Waals surface area (Å²) in [4.78, 5) is 17.0. The molecule has 0 saturated carbocycles. The minimum atomic E-state index is -0.286. The van der Waals surface area contributed by atoms with Crippen LogP contribution in [0.5, 0.6) is 0 Å². The molecule has 1 N–H and O–H groups in total. The van der Waals surface area contributed by atoms with E-state index in [1.807, 2.05) is 42.5 Å². The van der Waals surface area contributed by atoms with E-state index in [9.17, 15) is 4.79 Å². The Morgan fingerprint density at radius 3 is 2.73 bits per heavy atom. The van der Waals surface area contributed by atoms with Crippen LogP contribution >= 0.6 is 27.5 Å². The zero-order valence-corrected chi connectivity index (χ0v) is 15.7. The minimum absolute atomic E-state index is 0.286. The molecule has 1 amide bonds. The third kappa shape index (κ3) is 3.36. The second-order valence-electron chi connectivity index (χ2n) is 5.65. The Labute approximate surface area is 162 Å². The van der Waals surface area contributed by atoms with Crippen molar-refractivity contribution in [1.82, 2.24) is 4.98 Å². The van der Waals surface area contributed by atoms with E-state index in [1.165, 1.54) is 0 Å². The number of carbonyl (C=O) groups excluding carboxylic acids is 1. The monoisotopic (exact) mass is 426 g/mol. The molecule has 0 saturated heterocycles. The zero-order valence-electron chi connectivity index (χ0n) is 13.4. The number of fused-ring (bicyclic) bond motifs is 1. The molecule has 0 unspecified atom stereocenters. The van der Waals surface area contributed by atoms with Crippen molar-refractivity contribution in [2.24, 2.45) is 0 Å². The SMILES string of the molecule is O=C(Nc1cccc(-c2nc3ccccc3o2)c1)c1cc(Br)ccc1Cl. The highest BCUT2D eigenvalue weighted by atomic mass is 79.9. The van der Waals surface area contributed by atoms with Crippen molar-refractivity contribution in [3.8, 4) is 11.5 Å². The van der Waals surface area contributed by atoms with E-state index in [-0.39, 0.29) is 5.91 Å². The number of hydrogen-bond donors (Lipinski definition) is 1. The Morgan fingerprint density at radius 1 is 1.04 bits per heavy atom. The van der Waals surface area contributed by atoms with Gasteiger partial charge in [-0.1, -0.05) is 45.7 Å². The molecule has 0 aliphatic rings. The maximum atomic E-state index is 12.5. The van der Waals surface area contributed by atoms with Gasteiger partial charge in [0.15, 0.2) is 5.58 Å². The fourth-order valence-electron chi connectivity index (χ4n) is 2.60. The summed E-state index contributed by atoms with van der Waals surface area (Å²) in [5, 5.41) is 3.25. The summed E-state index contributed by atoms with van der Waals surface area (Å²) in [5.41, 5.74) is 3.31. The molecule has 4 nitrogen and oxygen atoms in total. The molecule has 3 aromatic carbocycles. The van der Waals surface area contributed by atoms with Gasteiger partial charge in [-0.15, -0.1) is 0 Å². The second-order valence-corrected chi connectivity index (χ2v) is 6.97. The van der Waals surface area contributed by atoms with E-state index in [4.69, 9.17) is 16.0 Å². The Kier molecular flexibility index (Phi) is 4.49. The molecule has 0 bridgehead atoms. The molecule has 0 spiro atoms. The van der Waals surface area contributed by atoms with Crippen molar-refractivity contribution in [3.05, 3.63) is 81.8 Å². The zero-order chi connectivity index (χ0) is 18.1. The highest BCUT2D eigenvalue weighted by molar-refractivity contribution is 9.10. The number of aromatic nitrogens is 1. The molecule has 1 aromatic heterocycles. The average molecular weight is 428 g/mol. The molecule has 4 aromatic rings. The van der Waals surface area contributed by atoms with Crippen molar-refractivity contribution in [2.45, 2.75) is 0 Å². The predicted octanol–water partition coefficient (Wildman–Crippen LogP) is 6.16. The summed E-state index contributed by atoms with van der Waals surface area (Å²) < 4.78 is 6.57. The van der Waals surface area contributed by atoms with E-state index < -0.39 is 0 Å². The standard InChI is InChI=1S/C20H12BrClN2O2/c21-13-8-9-16(22)15(11-13)19(25)23-14-5-3-4-12(10-14)20-24-17-6-1-2-7-18(17)26-20/h1-11H,(H,23,25). The average Bonchev–Trinajstić information content (AvgIpc) is 3.08. The molecule has 1 heterocycles. The number of rotatable bonds is 3. The molecule has 4 rings (SSSR count). The van der Waals surface area contributed by atoms with Crippen molar-refractivity contribution in [1.29, 1.82) is 0 Å². The van der Waals surface area contributed by atoms with Crippen LogP contribution in [0.4, 0.5) is 5.69 Å². The number of hydrogen-bond acceptors (Lipinski definition) is 3. The Balaban J connectivity index is 1.63. The normalized spacial score (nSPS) is 10.8. The molecular weight excluding hydrogens is 416 g/mol. The van der Waals surface area contributed by atoms with Crippen molar-refractivity contribution < 1.29 is 9.21 Å². The van der Waals surface area contributed by atoms with E-state index in [0.717, 1.165) is 21.1 Å². The summed E-state index contributed by atoms with van der Waals surface area (Å²) in [6.45, 7) is 0. The maximum absolute atomic E-state index is 12.5. The van der Waals surface area contributed by atoms with Gasteiger partial charge in [-0.25, -0.2) is 4.98 Å². The first-order valence-electron chi connectivity index (χ1n) is 7.82. The topological polar surface area (TPSA) is 55.1 Å². The van der Waals surface area contributed by atoms with Crippen LogP contribution in [0, 0.1) is 0 Å². The lowest BCUT2D eigenvalue weighted by atomic mass is 10.1. The first kappa shape index (κ1) is 16.8. The van der Waals surface area contributed by atoms with Gasteiger partial charge in [-0.05, 0) is 48.5 Å². The predicted molar refractivity (Wildman–Crippen MR) is 107 cm³/mol. The quantitative estimate of drug-likeness (QED) is 0.426. The van der Waals surface area contributed by atoms with Crippen LogP contribution in [0.15, 0.2) is 75.6 Å². The summed E-state index contributed by atoms with van der Waals surface area (Å²) >= 11 is 9.47. The Bertz CT molecular complexity index is 1090. The van der Waals surface area contributed by atoms with Crippen LogP contribution in [0.3, 0.4) is 0 Å². The van der Waals surface area contributed by atoms with Crippen LogP contribution < -0.4 is 5.32 Å². The maximum Gasteiger partial charge on any atom is 0.257 e. The number of anilines is 1. The highest BCUT2D eigenvalue weighted by Crippen LogP contribution is 2.27. The smallest absolute Gasteiger partial charge is 0.257 e. The molecule has 128 valence electrons. The molecule has 0 aliphatic carbocycles. The van der Waals surface area contributed by atoms with Crippen molar-refractivity contribution >= 4 is 50.2 Å². The number of nitrogens with one attached hydrogen (secondary N) is 1. The lowest BCUT2D eigenvalue weighted by molar-refractivity contribution is 0.102. The van der Waals surface area contributed by atoms with Gasteiger partial charge in [-0.3, -0.25) is 4.79 Å². The van der Waals surface area contributed by atoms with Crippen molar-refractivity contribution in [3.63, 3.8) is 0 Å². The van der Waals surface area contributed by atoms with Gasteiger partial charge in [0.1, 0.15) is 5.52 Å². The van der Waals surface area contributed by atoms with Gasteiger partial charge >= 0.3 is 0 Å². The summed E-state index contributed by atoms with van der Waals surface area (Å²) in [6.07, 6.45) is 0. The number of amides is 1. The number of nitrogens with zero attached hydrogens (tertiary/aromatic N) is 1. The fraction of sp³-hybridized carbons (Fsp3) is 0. The van der Waals surface area contributed by atoms with Crippen LogP contribution in [-0.4, -0.2) is 10.9 Å². The van der Waals surface area contributed by atoms with E-state index >= 15 is 0 Å². The highest BCUT2D eigenvalue weighted by Gasteiger charge is 2.13. The molecule has 0 radical (unpaired) electrons. The second kappa shape index (κ2) is 6.94. The third-order valence-electron chi connectivity index (χ3n) is 3.83. The number of benzene rings is 3. The first-order chi connectivity index (χ1) is 12.6. The fourth-order valence-corrected chi connectivity index (χ4v) is 3.16. The summed E-state index contributed by atoms with van der Waals surface area (Å²) in [6, 6.07) is 20.0. The molecule has 0 atom stereocenters. The molecule has 26 heavy (non-hydrogen) atoms. The van der Waals surface area contributed by atoms with Crippen molar-refractivity contribution in [2.75, 3.05) is 5.32 Å². The van der Waals surface area contributed by atoms with Crippen LogP contribution in [-0.2, 0) is 0 Å². The largest absolute Gasteiger partial charge is 0.436 e. The first-order valence-corrected chi connectivity index (χ1v) is 9.00. The lowest BCUT2D eigenvalue weighted by Crippen LogP contribution is -2.12. The van der Waals surface area contributed by atoms with Gasteiger partial charge < -0.3 is 9.73 Å². The van der Waals surface area contributed by atoms with E-state index in [2.05, 4.69) is 26.2 Å². The number of halogens is 2. The Hall–Kier alpha value is -2.63. The molecule has 6 heteroatoms. The third-order valence-corrected chi connectivity index (χ3v) is 4.66. The minimum Gasteiger partial charge on any atom is -0.436 e. The number of carbonyl (C=O) groups is 1.